The lowest BCUT2D eigenvalue weighted by Gasteiger charge is -2.37. The zero-order chi connectivity index (χ0) is 39.1. The van der Waals surface area contributed by atoms with Gasteiger partial charge in [0, 0.05) is 42.9 Å². The molecule has 5 aromatic carbocycles. The Bertz CT molecular complexity index is 2310. The molecule has 56 heavy (non-hydrogen) atoms. The number of hydrogen-bond donors (Lipinski definition) is 0. The molecule has 4 aliphatic heterocycles. The average Bonchev–Trinajstić information content (AvgIpc) is 3.20. The van der Waals surface area contributed by atoms with Gasteiger partial charge in [-0.3, -0.25) is 19.9 Å². The van der Waals surface area contributed by atoms with Crippen LogP contribution in [0, 0.1) is 10.1 Å². The molecule has 4 aliphatic rings. The third-order valence-electron chi connectivity index (χ3n) is 11.1. The predicted molar refractivity (Wildman–Crippen MR) is 209 cm³/mol. The van der Waals surface area contributed by atoms with E-state index in [-0.39, 0.29) is 29.1 Å². The van der Waals surface area contributed by atoms with Gasteiger partial charge >= 0.3 is 5.97 Å². The van der Waals surface area contributed by atoms with Crippen molar-refractivity contribution in [2.75, 3.05) is 48.5 Å². The first kappa shape index (κ1) is 36.8. The van der Waals surface area contributed by atoms with Crippen LogP contribution in [0.5, 0.6) is 46.0 Å². The molecule has 0 radical (unpaired) electrons. The summed E-state index contributed by atoms with van der Waals surface area (Å²) >= 11 is 0. The minimum atomic E-state index is -0.666. The largest absolute Gasteiger partial charge is 0.493 e. The number of rotatable bonds is 6. The second-order valence-corrected chi connectivity index (χ2v) is 14.4. The van der Waals surface area contributed by atoms with Crippen LogP contribution in [0.15, 0.2) is 84.9 Å². The SMILES string of the molecule is COc1cc2c3cc1Oc1c(OC)c(OC)cc4c1[C@H](Cc1ccc(OC(=O)c5ccc([N+](=O)[O-])cc5)c(c1)Oc1ccc(cc1)C[C@@H]3N(C)CC2)N(C)CC4. The Morgan fingerprint density at radius 2 is 1.36 bits per heavy atom. The maximum Gasteiger partial charge on any atom is 0.343 e. The summed E-state index contributed by atoms with van der Waals surface area (Å²) < 4.78 is 37.4. The summed E-state index contributed by atoms with van der Waals surface area (Å²) in [5.74, 6) is 3.36. The van der Waals surface area contributed by atoms with Crippen molar-refractivity contribution in [2.24, 2.45) is 0 Å². The molecule has 0 fully saturated rings. The number of fused-ring (bicyclic) bond motifs is 2. The lowest BCUT2D eigenvalue weighted by Crippen LogP contribution is -2.34. The molecule has 0 unspecified atom stereocenters. The number of hydrogen-bond acceptors (Lipinski definition) is 11. The highest BCUT2D eigenvalue weighted by molar-refractivity contribution is 5.91. The number of benzene rings is 5. The van der Waals surface area contributed by atoms with Gasteiger partial charge in [-0.1, -0.05) is 18.2 Å². The number of likely N-dealkylation sites (N-methyl/N-ethyl adjacent to an activating group) is 2. The summed E-state index contributed by atoms with van der Waals surface area (Å²) in [4.78, 5) is 28.7. The van der Waals surface area contributed by atoms with Crippen molar-refractivity contribution in [3.05, 3.63) is 134 Å². The summed E-state index contributed by atoms with van der Waals surface area (Å²) in [7, 11) is 9.17. The molecule has 288 valence electrons. The van der Waals surface area contributed by atoms with Gasteiger partial charge < -0.3 is 28.4 Å². The van der Waals surface area contributed by atoms with Gasteiger partial charge in [-0.25, -0.2) is 4.79 Å². The van der Waals surface area contributed by atoms with E-state index in [1.54, 1.807) is 27.4 Å². The highest BCUT2D eigenvalue weighted by atomic mass is 16.6. The molecule has 6 bridgehead atoms. The van der Waals surface area contributed by atoms with E-state index in [0.29, 0.717) is 46.7 Å². The minimum absolute atomic E-state index is 0.0692. The van der Waals surface area contributed by atoms with E-state index in [0.717, 1.165) is 54.6 Å². The fourth-order valence-corrected chi connectivity index (χ4v) is 8.07. The van der Waals surface area contributed by atoms with Crippen LogP contribution >= 0.6 is 0 Å². The maximum absolute atomic E-state index is 13.3. The number of non-ortho nitro benzene ring substituents is 1. The summed E-state index contributed by atoms with van der Waals surface area (Å²) in [6, 6.07) is 25.0. The molecule has 0 saturated heterocycles. The number of ether oxygens (including phenoxy) is 6. The standard InChI is InChI=1S/C44H43N3O9/c1-45-18-16-29-23-37(51-3)39-25-33(29)34(45)20-26-6-13-32(14-7-26)54-38-22-27(8-15-36(38)56-44(48)28-9-11-31(12-10-28)47(49)50)21-35-41-30(17-19-46(35)2)24-40(52-4)42(53-5)43(41)55-39/h6-15,22-25,34-35H,16-21H2,1-5H3/t34-,35-/m0/s1. The van der Waals surface area contributed by atoms with Crippen LogP contribution in [0.4, 0.5) is 5.69 Å². The molecule has 0 saturated carbocycles. The predicted octanol–water partition coefficient (Wildman–Crippen LogP) is 8.28. The monoisotopic (exact) mass is 757 g/mol. The summed E-state index contributed by atoms with van der Waals surface area (Å²) in [6.45, 7) is 1.69. The molecular formula is C44H43N3O9. The van der Waals surface area contributed by atoms with E-state index in [1.807, 2.05) is 30.3 Å². The van der Waals surface area contributed by atoms with Crippen molar-refractivity contribution in [3.63, 3.8) is 0 Å². The first-order chi connectivity index (χ1) is 27.1. The van der Waals surface area contributed by atoms with Gasteiger partial charge in [0.1, 0.15) is 5.75 Å². The molecule has 2 atom stereocenters. The van der Waals surface area contributed by atoms with Crippen molar-refractivity contribution < 1.29 is 38.1 Å². The van der Waals surface area contributed by atoms with E-state index >= 15 is 0 Å². The van der Waals surface area contributed by atoms with Gasteiger partial charge in [-0.15, -0.1) is 0 Å². The normalized spacial score (nSPS) is 17.7. The molecule has 0 N–H and O–H groups in total. The van der Waals surface area contributed by atoms with Crippen molar-refractivity contribution in [3.8, 4) is 46.0 Å². The van der Waals surface area contributed by atoms with Crippen molar-refractivity contribution >= 4 is 11.7 Å². The number of nitro groups is 1. The molecule has 12 heteroatoms. The van der Waals surface area contributed by atoms with Crippen LogP contribution in [-0.4, -0.2) is 69.2 Å². The molecule has 0 spiro atoms. The van der Waals surface area contributed by atoms with Crippen LogP contribution in [-0.2, 0) is 25.7 Å². The molecule has 0 aliphatic carbocycles. The van der Waals surface area contributed by atoms with Crippen molar-refractivity contribution in [1.82, 2.24) is 9.80 Å². The Labute approximate surface area is 325 Å². The van der Waals surface area contributed by atoms with Crippen LogP contribution in [0.3, 0.4) is 0 Å². The van der Waals surface area contributed by atoms with Gasteiger partial charge in [0.2, 0.25) is 5.75 Å². The van der Waals surface area contributed by atoms with Crippen LogP contribution in [0.2, 0.25) is 0 Å². The second-order valence-electron chi connectivity index (χ2n) is 14.4. The van der Waals surface area contributed by atoms with Gasteiger partial charge in [0.15, 0.2) is 34.5 Å². The summed E-state index contributed by atoms with van der Waals surface area (Å²) in [5.41, 5.74) is 6.57. The van der Waals surface area contributed by atoms with E-state index in [2.05, 4.69) is 48.2 Å². The summed E-state index contributed by atoms with van der Waals surface area (Å²) in [5, 5.41) is 11.2. The maximum atomic E-state index is 13.3. The molecule has 5 aromatic rings. The highest BCUT2D eigenvalue weighted by Gasteiger charge is 2.35. The fourth-order valence-electron chi connectivity index (χ4n) is 8.07. The third kappa shape index (κ3) is 6.97. The lowest BCUT2D eigenvalue weighted by atomic mass is 9.87. The molecule has 9 rings (SSSR count). The molecular weight excluding hydrogens is 714 g/mol. The smallest absolute Gasteiger partial charge is 0.343 e. The highest BCUT2D eigenvalue weighted by Crippen LogP contribution is 2.52. The van der Waals surface area contributed by atoms with Crippen molar-refractivity contribution in [1.29, 1.82) is 0 Å². The Balaban J connectivity index is 1.28. The van der Waals surface area contributed by atoms with Gasteiger partial charge in [-0.2, -0.15) is 0 Å². The molecule has 0 aromatic heterocycles. The Kier molecular flexibility index (Phi) is 10.0. The van der Waals surface area contributed by atoms with E-state index in [9.17, 15) is 14.9 Å². The third-order valence-corrected chi connectivity index (χ3v) is 11.1. The minimum Gasteiger partial charge on any atom is -0.493 e. The Hall–Kier alpha value is -6.11. The molecule has 0 amide bonds. The number of methoxy groups -OCH3 is 3. The van der Waals surface area contributed by atoms with Gasteiger partial charge in [-0.05, 0) is 122 Å². The number of esters is 1. The second kappa shape index (κ2) is 15.2. The Morgan fingerprint density at radius 3 is 2.05 bits per heavy atom. The fraction of sp³-hybridized carbons (Fsp3) is 0.295. The van der Waals surface area contributed by atoms with E-state index in [1.165, 1.54) is 35.4 Å². The quantitative estimate of drug-likeness (QED) is 0.0720. The topological polar surface area (TPSA) is 122 Å². The number of carbonyl (C=O) groups excluding carboxylic acids is 1. The number of nitrogens with zero attached hydrogens (tertiary/aromatic N) is 3. The number of nitro benzene ring substituents is 1. The van der Waals surface area contributed by atoms with E-state index in [4.69, 9.17) is 28.4 Å². The van der Waals surface area contributed by atoms with Gasteiger partial charge in [0.05, 0.1) is 31.8 Å². The zero-order valence-electron chi connectivity index (χ0n) is 32.0. The summed E-state index contributed by atoms with van der Waals surface area (Å²) in [6.07, 6.45) is 2.95. The van der Waals surface area contributed by atoms with Crippen molar-refractivity contribution in [2.45, 2.75) is 37.8 Å². The first-order valence-electron chi connectivity index (χ1n) is 18.6. The average molecular weight is 758 g/mol. The van der Waals surface area contributed by atoms with Crippen LogP contribution in [0.1, 0.15) is 55.8 Å². The van der Waals surface area contributed by atoms with Crippen LogP contribution < -0.4 is 28.4 Å². The molecule has 12 nitrogen and oxygen atoms in total. The first-order valence-corrected chi connectivity index (χ1v) is 18.6. The zero-order valence-corrected chi connectivity index (χ0v) is 32.0. The lowest BCUT2D eigenvalue weighted by molar-refractivity contribution is -0.384. The Morgan fingerprint density at radius 1 is 0.714 bits per heavy atom. The number of carbonyl (C=O) groups is 1. The van der Waals surface area contributed by atoms with E-state index < -0.39 is 10.9 Å². The van der Waals surface area contributed by atoms with Crippen LogP contribution in [0.25, 0.3) is 0 Å². The van der Waals surface area contributed by atoms with Gasteiger partial charge in [0.25, 0.3) is 5.69 Å². The molecule has 4 heterocycles.